The lowest BCUT2D eigenvalue weighted by Crippen LogP contribution is -2.32. The molecule has 19 heavy (non-hydrogen) atoms. The van der Waals surface area contributed by atoms with Crippen molar-refractivity contribution in [3.63, 3.8) is 0 Å². The predicted molar refractivity (Wildman–Crippen MR) is 60.6 cm³/mol. The average molecular weight is 299 g/mol. The van der Waals surface area contributed by atoms with Crippen molar-refractivity contribution >= 4 is 11.3 Å². The van der Waals surface area contributed by atoms with E-state index in [0.717, 1.165) is 17.7 Å². The molecule has 0 saturated carbocycles. The summed E-state index contributed by atoms with van der Waals surface area (Å²) in [6.07, 6.45) is -2.10. The number of aromatic nitrogens is 1. The summed E-state index contributed by atoms with van der Waals surface area (Å²) in [5.41, 5.74) is 0.565. The second-order valence-corrected chi connectivity index (χ2v) is 5.55. The van der Waals surface area contributed by atoms with Gasteiger partial charge in [-0.3, -0.25) is 0 Å². The number of halogens is 4. The summed E-state index contributed by atoms with van der Waals surface area (Å²) in [5.74, 6) is -4.14. The van der Waals surface area contributed by atoms with Gasteiger partial charge in [0, 0.05) is 4.88 Å². The molecule has 0 radical (unpaired) electrons. The lowest BCUT2D eigenvalue weighted by Gasteiger charge is -2.14. The molecule has 1 N–H and O–H groups in total. The van der Waals surface area contributed by atoms with Crippen LogP contribution in [0.4, 0.5) is 17.6 Å². The molecule has 0 aromatic carbocycles. The maximum Gasteiger partial charge on any atom is 0.330 e. The van der Waals surface area contributed by atoms with Gasteiger partial charge in [0.1, 0.15) is 11.6 Å². The minimum Gasteiger partial charge on any atom is -0.387 e. The highest BCUT2D eigenvalue weighted by atomic mass is 32.1. The molecule has 0 bridgehead atoms. The van der Waals surface area contributed by atoms with E-state index in [2.05, 4.69) is 9.72 Å². The van der Waals surface area contributed by atoms with Crippen LogP contribution in [-0.2, 0) is 17.8 Å². The van der Waals surface area contributed by atoms with Gasteiger partial charge in [-0.15, -0.1) is 11.3 Å². The second-order valence-electron chi connectivity index (χ2n) is 4.38. The van der Waals surface area contributed by atoms with Crippen LogP contribution in [0.3, 0.4) is 0 Å². The molecule has 8 heteroatoms. The van der Waals surface area contributed by atoms with Crippen molar-refractivity contribution in [1.82, 2.24) is 4.98 Å². The number of hydrogen-bond donors (Lipinski definition) is 1. The molecule has 1 aliphatic rings. The molecular weight excluding hydrogens is 286 g/mol. The third-order valence-electron chi connectivity index (χ3n) is 2.81. The lowest BCUT2D eigenvalue weighted by molar-refractivity contribution is -0.168. The predicted octanol–water partition coefficient (Wildman–Crippen LogP) is 2.93. The highest BCUT2D eigenvalue weighted by Crippen LogP contribution is 2.33. The maximum absolute atomic E-state index is 12.6. The zero-order valence-corrected chi connectivity index (χ0v) is 10.7. The molecular formula is C11H13F4NO2S. The van der Waals surface area contributed by atoms with Crippen molar-refractivity contribution in [2.24, 2.45) is 0 Å². The van der Waals surface area contributed by atoms with Crippen molar-refractivity contribution in [3.05, 3.63) is 15.6 Å². The molecule has 3 nitrogen and oxygen atoms in total. The summed E-state index contributed by atoms with van der Waals surface area (Å²) < 4.78 is 53.6. The van der Waals surface area contributed by atoms with Gasteiger partial charge in [-0.2, -0.15) is 8.78 Å². The zero-order valence-electron chi connectivity index (χ0n) is 9.91. The Morgan fingerprint density at radius 2 is 2.21 bits per heavy atom. The van der Waals surface area contributed by atoms with Gasteiger partial charge in [0.25, 0.3) is 0 Å². The van der Waals surface area contributed by atoms with Crippen LogP contribution < -0.4 is 0 Å². The van der Waals surface area contributed by atoms with E-state index in [-0.39, 0.29) is 6.61 Å². The average Bonchev–Trinajstić information content (AvgIpc) is 2.73. The Kier molecular flexibility index (Phi) is 4.42. The van der Waals surface area contributed by atoms with Crippen LogP contribution in [0.1, 0.15) is 34.5 Å². The summed E-state index contributed by atoms with van der Waals surface area (Å²) in [4.78, 5) is 5.02. The first-order chi connectivity index (χ1) is 8.90. The molecule has 1 aromatic rings. The Labute approximate surface area is 111 Å². The largest absolute Gasteiger partial charge is 0.387 e. The number of aryl methyl sites for hydroxylation is 1. The molecule has 1 heterocycles. The number of aliphatic hydroxyl groups is 1. The van der Waals surface area contributed by atoms with E-state index < -0.39 is 25.1 Å². The van der Waals surface area contributed by atoms with E-state index >= 15 is 0 Å². The van der Waals surface area contributed by atoms with Crippen LogP contribution in [0.5, 0.6) is 0 Å². The third kappa shape index (κ3) is 3.43. The molecule has 0 fully saturated rings. The van der Waals surface area contributed by atoms with Crippen molar-refractivity contribution < 1.29 is 27.4 Å². The number of hydrogen-bond acceptors (Lipinski definition) is 4. The van der Waals surface area contributed by atoms with Crippen molar-refractivity contribution in [2.75, 3.05) is 6.61 Å². The quantitative estimate of drug-likeness (QED) is 0.850. The van der Waals surface area contributed by atoms with Crippen LogP contribution in [0, 0.1) is 0 Å². The molecule has 0 amide bonds. The van der Waals surface area contributed by atoms with Crippen LogP contribution in [0.25, 0.3) is 0 Å². The van der Waals surface area contributed by atoms with E-state index in [4.69, 9.17) is 0 Å². The van der Waals surface area contributed by atoms with Crippen molar-refractivity contribution in [3.8, 4) is 0 Å². The number of fused-ring (bicyclic) bond motifs is 1. The highest BCUT2D eigenvalue weighted by Gasteiger charge is 2.41. The van der Waals surface area contributed by atoms with Gasteiger partial charge < -0.3 is 9.84 Å². The van der Waals surface area contributed by atoms with E-state index in [9.17, 15) is 22.7 Å². The summed E-state index contributed by atoms with van der Waals surface area (Å²) >= 11 is 1.27. The van der Waals surface area contributed by atoms with Crippen LogP contribution in [-0.4, -0.2) is 29.0 Å². The Morgan fingerprint density at radius 3 is 2.84 bits per heavy atom. The Balaban J connectivity index is 1.91. The lowest BCUT2D eigenvalue weighted by atomic mass is 10.0. The van der Waals surface area contributed by atoms with E-state index in [1.165, 1.54) is 11.3 Å². The van der Waals surface area contributed by atoms with Gasteiger partial charge in [0.2, 0.25) is 0 Å². The highest BCUT2D eigenvalue weighted by molar-refractivity contribution is 7.11. The molecule has 1 aliphatic carbocycles. The van der Waals surface area contributed by atoms with Gasteiger partial charge in [0.15, 0.2) is 0 Å². The van der Waals surface area contributed by atoms with Crippen molar-refractivity contribution in [2.45, 2.75) is 44.3 Å². The molecule has 0 aliphatic heterocycles. The molecule has 1 atom stereocenters. The van der Waals surface area contributed by atoms with Gasteiger partial charge >= 0.3 is 12.3 Å². The first kappa shape index (κ1) is 14.7. The van der Waals surface area contributed by atoms with Gasteiger partial charge in [-0.05, 0) is 19.3 Å². The van der Waals surface area contributed by atoms with E-state index in [0.29, 0.717) is 17.1 Å². The minimum atomic E-state index is -4.14. The fraction of sp³-hybridized carbons (Fsp3) is 0.727. The zero-order chi connectivity index (χ0) is 14.0. The maximum atomic E-state index is 12.6. The standard InChI is InChI=1S/C11H13F4NO2S/c12-10(13)11(14,15)5-18-4-8-16-9-6(17)2-1-3-7(9)19-8/h6,10,17H,1-5H2. The SMILES string of the molecule is OC1CCCc2sc(COCC(F)(F)C(F)F)nc21. The topological polar surface area (TPSA) is 42.4 Å². The number of nitrogens with zero attached hydrogens (tertiary/aromatic N) is 1. The summed E-state index contributed by atoms with van der Waals surface area (Å²) in [7, 11) is 0. The normalized spacial score (nSPS) is 19.8. The minimum absolute atomic E-state index is 0.243. The molecule has 0 spiro atoms. The number of ether oxygens (including phenoxy) is 1. The van der Waals surface area contributed by atoms with E-state index in [1.54, 1.807) is 0 Å². The number of rotatable bonds is 5. The number of alkyl halides is 4. The number of thiazole rings is 1. The van der Waals surface area contributed by atoms with Gasteiger partial charge in [0.05, 0.1) is 18.4 Å². The number of aliphatic hydroxyl groups excluding tert-OH is 1. The van der Waals surface area contributed by atoms with Crippen LogP contribution >= 0.6 is 11.3 Å². The molecule has 2 rings (SSSR count). The van der Waals surface area contributed by atoms with Crippen molar-refractivity contribution in [1.29, 1.82) is 0 Å². The Hall–Kier alpha value is -0.730. The van der Waals surface area contributed by atoms with Gasteiger partial charge in [-0.25, -0.2) is 13.8 Å². The molecule has 1 unspecified atom stereocenters. The van der Waals surface area contributed by atoms with Gasteiger partial charge in [-0.1, -0.05) is 0 Å². The Morgan fingerprint density at radius 1 is 1.47 bits per heavy atom. The molecule has 108 valence electrons. The van der Waals surface area contributed by atoms with E-state index in [1.807, 2.05) is 0 Å². The Bertz CT molecular complexity index is 438. The first-order valence-corrected chi connectivity index (χ1v) is 6.62. The fourth-order valence-corrected chi connectivity index (χ4v) is 2.95. The summed E-state index contributed by atoms with van der Waals surface area (Å²) in [6.45, 7) is -1.58. The second kappa shape index (κ2) is 5.72. The summed E-state index contributed by atoms with van der Waals surface area (Å²) in [6, 6.07) is 0. The first-order valence-electron chi connectivity index (χ1n) is 5.80. The monoisotopic (exact) mass is 299 g/mol. The third-order valence-corrected chi connectivity index (χ3v) is 3.91. The molecule has 0 saturated heterocycles. The smallest absolute Gasteiger partial charge is 0.330 e. The summed E-state index contributed by atoms with van der Waals surface area (Å²) in [5, 5.41) is 10.1. The molecule has 1 aromatic heterocycles. The van der Waals surface area contributed by atoms with Crippen LogP contribution in [0.15, 0.2) is 0 Å². The fourth-order valence-electron chi connectivity index (χ4n) is 1.85. The van der Waals surface area contributed by atoms with Crippen LogP contribution in [0.2, 0.25) is 0 Å².